The number of carboxylic acids is 1. The Bertz CT molecular complexity index is 2130. The van der Waals surface area contributed by atoms with Crippen LogP contribution < -0.4 is 54.0 Å². The highest BCUT2D eigenvalue weighted by atomic mass is 16.4. The summed E-state index contributed by atoms with van der Waals surface area (Å²) < 4.78 is 0. The van der Waals surface area contributed by atoms with E-state index in [1.807, 2.05) is 10.6 Å². The fraction of sp³-hybridized carbons (Fsp3) is 0.568. The first-order valence-electron chi connectivity index (χ1n) is 22.8. The van der Waals surface area contributed by atoms with Gasteiger partial charge >= 0.3 is 5.97 Å². The number of carboxylic acid groups (broad SMARTS) is 1. The summed E-state index contributed by atoms with van der Waals surface area (Å²) in [6.45, 7) is -2.60. The maximum absolute atomic E-state index is 13.7. The molecule has 1 aliphatic heterocycles. The molecule has 0 aromatic heterocycles. The smallest absolute Gasteiger partial charge is 0.303 e. The number of benzene rings is 1. The molecule has 1 fully saturated rings. The molecule has 1 saturated heterocycles. The minimum Gasteiger partial charge on any atom is -0.481 e. The number of nitrogens with two attached hydrogens (primary N) is 2. The number of ketones is 2. The number of carbonyl (C=O) groups excluding carboxylic acids is 12. The van der Waals surface area contributed by atoms with E-state index < -0.39 is 177 Å². The van der Waals surface area contributed by atoms with Crippen molar-refractivity contribution in [3.05, 3.63) is 35.9 Å². The second-order valence-electron chi connectivity index (χ2n) is 16.8. The molecule has 0 radical (unpaired) electrons. The summed E-state index contributed by atoms with van der Waals surface area (Å²) in [6, 6.07) is -6.74. The molecule has 17 N–H and O–H groups in total. The quantitative estimate of drug-likeness (QED) is 0.0770. The standard InChI is InChI=1S/C44H64N10O18/c1-22(58)36-44(72)53-30(21-57)42(70)49-25(14-16-35(63)64)40(68)51-28(19-55)38(66)37(65)26(17-23-9-5-4-6-10-23)48-34(62)12-8-3-2-7-11-33(61)47-24(13-15-31(45)59)39(67)52-29(20-56)43(71)50-27(18-32(46)60)41(69)54-36/h4-6,9-10,22,24-30,36,55-58H,2-3,7-8,11-21H2,1H3,(H2,45,59)(H2,46,60)(H,47,61)(H,48,62)(H,49,70)(H,50,71)(H,51,68)(H,52,67)(H,53,72)(H,54,69)(H,63,64)/t22-,24?,25+,26+,27?,28?,29?,30?,36+/m1/s1. The van der Waals surface area contributed by atoms with Crippen LogP contribution in [0.15, 0.2) is 30.3 Å². The predicted octanol–water partition coefficient (Wildman–Crippen LogP) is -7.04. The molecule has 2 rings (SSSR count). The number of amides is 10. The average Bonchev–Trinajstić information content (AvgIpc) is 3.32. The number of hydrogen-bond acceptors (Lipinski definition) is 17. The van der Waals surface area contributed by atoms with Gasteiger partial charge in [0.25, 0.3) is 0 Å². The highest BCUT2D eigenvalue weighted by molar-refractivity contribution is 6.41. The topological polar surface area (TPSA) is 471 Å². The molecule has 1 aromatic carbocycles. The van der Waals surface area contributed by atoms with Crippen LogP contribution in [0.3, 0.4) is 0 Å². The zero-order chi connectivity index (χ0) is 54.1. The van der Waals surface area contributed by atoms with Gasteiger partial charge in [-0.25, -0.2) is 0 Å². The summed E-state index contributed by atoms with van der Waals surface area (Å²) in [5.74, 6) is -15.4. The molecule has 72 heavy (non-hydrogen) atoms. The van der Waals surface area contributed by atoms with Gasteiger partial charge in [0, 0.05) is 32.1 Å². The zero-order valence-corrected chi connectivity index (χ0v) is 39.4. The summed E-state index contributed by atoms with van der Waals surface area (Å²) in [4.78, 5) is 169. The van der Waals surface area contributed by atoms with Crippen LogP contribution in [0.2, 0.25) is 0 Å². The summed E-state index contributed by atoms with van der Waals surface area (Å²) in [5, 5.41) is 67.6. The molecule has 0 saturated carbocycles. The third kappa shape index (κ3) is 21.3. The minimum absolute atomic E-state index is 0.165. The van der Waals surface area contributed by atoms with Crippen LogP contribution >= 0.6 is 0 Å². The Labute approximate surface area is 411 Å². The molecule has 398 valence electrons. The van der Waals surface area contributed by atoms with Gasteiger partial charge in [-0.05, 0) is 38.2 Å². The molecule has 0 bridgehead atoms. The Morgan fingerprint density at radius 1 is 0.528 bits per heavy atom. The van der Waals surface area contributed by atoms with Crippen molar-refractivity contribution in [3.63, 3.8) is 0 Å². The van der Waals surface area contributed by atoms with E-state index in [1.165, 1.54) is 0 Å². The maximum Gasteiger partial charge on any atom is 0.303 e. The van der Waals surface area contributed by atoms with Crippen molar-refractivity contribution in [3.8, 4) is 0 Å². The first-order valence-corrected chi connectivity index (χ1v) is 22.8. The number of aliphatic hydroxyl groups is 4. The van der Waals surface area contributed by atoms with E-state index in [9.17, 15) is 87.9 Å². The summed E-state index contributed by atoms with van der Waals surface area (Å²) >= 11 is 0. The number of Topliss-reactive ketones (excluding diaryl/α,β-unsaturated/α-hetero) is 2. The van der Waals surface area contributed by atoms with Gasteiger partial charge in [0.15, 0.2) is 0 Å². The molecule has 1 heterocycles. The normalized spacial score (nSPS) is 25.2. The molecule has 28 nitrogen and oxygen atoms in total. The summed E-state index contributed by atoms with van der Waals surface area (Å²) in [6.07, 6.45) is -4.47. The Hall–Kier alpha value is -7.43. The van der Waals surface area contributed by atoms with E-state index in [0.717, 1.165) is 6.92 Å². The second-order valence-corrected chi connectivity index (χ2v) is 16.8. The van der Waals surface area contributed by atoms with Gasteiger partial charge in [0.05, 0.1) is 38.4 Å². The van der Waals surface area contributed by atoms with Crippen LogP contribution in [0.5, 0.6) is 0 Å². The molecule has 9 atom stereocenters. The molecule has 0 spiro atoms. The highest BCUT2D eigenvalue weighted by Gasteiger charge is 2.38. The van der Waals surface area contributed by atoms with Crippen molar-refractivity contribution in [2.75, 3.05) is 19.8 Å². The Morgan fingerprint density at radius 2 is 0.944 bits per heavy atom. The number of aliphatic carboxylic acids is 1. The Morgan fingerprint density at radius 3 is 1.43 bits per heavy atom. The predicted molar refractivity (Wildman–Crippen MR) is 245 cm³/mol. The first kappa shape index (κ1) is 60.7. The monoisotopic (exact) mass is 1020 g/mol. The van der Waals surface area contributed by atoms with Gasteiger partial charge in [0.1, 0.15) is 42.3 Å². The van der Waals surface area contributed by atoms with Crippen LogP contribution in [0, 0.1) is 0 Å². The molecule has 28 heteroatoms. The van der Waals surface area contributed by atoms with Crippen LogP contribution in [-0.4, -0.2) is 176 Å². The lowest BCUT2D eigenvalue weighted by molar-refractivity contribution is -0.142. The first-order chi connectivity index (χ1) is 34.0. The van der Waals surface area contributed by atoms with Crippen molar-refractivity contribution in [1.82, 2.24) is 42.5 Å². The van der Waals surface area contributed by atoms with E-state index in [2.05, 4.69) is 31.9 Å². The minimum atomic E-state index is -2.06. The van der Waals surface area contributed by atoms with Crippen molar-refractivity contribution in [2.45, 2.75) is 138 Å². The van der Waals surface area contributed by atoms with Gasteiger partial charge in [-0.2, -0.15) is 0 Å². The number of nitrogens with one attached hydrogen (secondary N) is 8. The third-order valence-electron chi connectivity index (χ3n) is 10.9. The van der Waals surface area contributed by atoms with Crippen molar-refractivity contribution in [2.24, 2.45) is 11.5 Å². The van der Waals surface area contributed by atoms with Gasteiger partial charge in [-0.1, -0.05) is 43.2 Å². The summed E-state index contributed by atoms with van der Waals surface area (Å²) in [7, 11) is 0. The molecular formula is C44H64N10O18. The van der Waals surface area contributed by atoms with Crippen molar-refractivity contribution >= 4 is 76.6 Å². The van der Waals surface area contributed by atoms with Crippen LogP contribution in [0.1, 0.15) is 83.1 Å². The molecule has 5 unspecified atom stereocenters. The van der Waals surface area contributed by atoms with Crippen molar-refractivity contribution in [1.29, 1.82) is 0 Å². The summed E-state index contributed by atoms with van der Waals surface area (Å²) in [5.41, 5.74) is 11.0. The van der Waals surface area contributed by atoms with Gasteiger partial charge in [0.2, 0.25) is 70.6 Å². The molecule has 0 aliphatic carbocycles. The number of aliphatic hydroxyl groups excluding tert-OH is 4. The van der Waals surface area contributed by atoms with E-state index >= 15 is 0 Å². The lowest BCUT2D eigenvalue weighted by atomic mass is 9.96. The Kier molecular flexibility index (Phi) is 26.1. The molecule has 10 amide bonds. The number of primary amides is 2. The molecule has 1 aliphatic rings. The Balaban J connectivity index is 2.58. The second kappa shape index (κ2) is 31.0. The largest absolute Gasteiger partial charge is 0.481 e. The van der Waals surface area contributed by atoms with Crippen LogP contribution in [0.4, 0.5) is 0 Å². The fourth-order valence-electron chi connectivity index (χ4n) is 6.95. The van der Waals surface area contributed by atoms with Gasteiger partial charge in [-0.3, -0.25) is 62.3 Å². The van der Waals surface area contributed by atoms with E-state index in [0.29, 0.717) is 18.4 Å². The highest BCUT2D eigenvalue weighted by Crippen LogP contribution is 2.11. The molecular weight excluding hydrogens is 957 g/mol. The van der Waals surface area contributed by atoms with E-state index in [-0.39, 0.29) is 38.5 Å². The van der Waals surface area contributed by atoms with E-state index in [1.54, 1.807) is 30.3 Å². The molecule has 1 aromatic rings. The van der Waals surface area contributed by atoms with Crippen molar-refractivity contribution < 1.29 is 87.9 Å². The van der Waals surface area contributed by atoms with Crippen LogP contribution in [-0.2, 0) is 68.7 Å². The SMILES string of the molecule is C[C@@H](O)[C@@H]1NC(=O)C(CC(N)=O)NC(=O)C(CO)NC(=O)C(CCC(N)=O)NC(=O)CCCCCCC(=O)N[C@@H](Cc2ccccc2)C(=O)C(=O)C(CO)NC(=O)[C@H](CCC(=O)O)NC(=O)C(CO)NC1=O. The fourth-order valence-corrected chi connectivity index (χ4v) is 6.95. The number of carbonyl (C=O) groups is 13. The van der Waals surface area contributed by atoms with Gasteiger partial charge in [-0.15, -0.1) is 0 Å². The zero-order valence-electron chi connectivity index (χ0n) is 39.4. The third-order valence-corrected chi connectivity index (χ3v) is 10.9. The van der Waals surface area contributed by atoms with E-state index in [4.69, 9.17) is 11.5 Å². The van der Waals surface area contributed by atoms with Crippen LogP contribution in [0.25, 0.3) is 0 Å². The maximum atomic E-state index is 13.7. The lowest BCUT2D eigenvalue weighted by Crippen LogP contribution is -2.63. The lowest BCUT2D eigenvalue weighted by Gasteiger charge is -2.28. The average molecular weight is 1020 g/mol. The number of hydrogen-bond donors (Lipinski definition) is 15. The van der Waals surface area contributed by atoms with Gasteiger partial charge < -0.3 is 79.5 Å². The number of rotatable bonds is 14.